The Kier molecular flexibility index (Phi) is 7.46. The molecule has 162 valence electrons. The average molecular weight is 432 g/mol. The molecule has 4 atom stereocenters. The second-order valence-electron chi connectivity index (χ2n) is 7.95. The zero-order chi connectivity index (χ0) is 20.8. The quantitative estimate of drug-likeness (QED) is 0.728. The van der Waals surface area contributed by atoms with Crippen molar-refractivity contribution >= 4 is 17.2 Å². The van der Waals surface area contributed by atoms with Gasteiger partial charge in [-0.15, -0.1) is 11.3 Å². The molecule has 0 spiro atoms. The van der Waals surface area contributed by atoms with Crippen LogP contribution in [-0.4, -0.2) is 65.0 Å². The van der Waals surface area contributed by atoms with Crippen LogP contribution in [-0.2, 0) is 27.4 Å². The predicted octanol–water partition coefficient (Wildman–Crippen LogP) is 1.96. The van der Waals surface area contributed by atoms with Crippen molar-refractivity contribution in [2.45, 2.75) is 56.7 Å². The summed E-state index contributed by atoms with van der Waals surface area (Å²) in [5, 5.41) is 16.2. The maximum Gasteiger partial charge on any atom is 0.222 e. The van der Waals surface area contributed by atoms with E-state index in [1.165, 1.54) is 0 Å². The summed E-state index contributed by atoms with van der Waals surface area (Å²) < 4.78 is 12.0. The number of aromatic nitrogens is 1. The van der Waals surface area contributed by atoms with Crippen LogP contribution in [0.4, 0.5) is 0 Å². The van der Waals surface area contributed by atoms with Crippen molar-refractivity contribution in [1.82, 2.24) is 15.2 Å². The number of β-amino-alcohol motifs (C(OH)–C–C–N with tert-alkyl or cyclic N) is 1. The first-order valence-corrected chi connectivity index (χ1v) is 11.4. The number of aliphatic hydroxyl groups is 1. The van der Waals surface area contributed by atoms with Gasteiger partial charge in [0.15, 0.2) is 0 Å². The predicted molar refractivity (Wildman–Crippen MR) is 114 cm³/mol. The van der Waals surface area contributed by atoms with Crippen molar-refractivity contribution < 1.29 is 19.4 Å². The van der Waals surface area contributed by atoms with Gasteiger partial charge in [-0.25, -0.2) is 4.98 Å². The molecule has 8 heteroatoms. The van der Waals surface area contributed by atoms with E-state index in [0.717, 1.165) is 23.4 Å². The summed E-state index contributed by atoms with van der Waals surface area (Å²) in [4.78, 5) is 19.1. The number of carbonyl (C=O) groups excluding carboxylic acids is 1. The Labute approximate surface area is 181 Å². The Balaban J connectivity index is 1.33. The van der Waals surface area contributed by atoms with Gasteiger partial charge in [-0.3, -0.25) is 9.69 Å². The van der Waals surface area contributed by atoms with Gasteiger partial charge in [-0.2, -0.15) is 0 Å². The van der Waals surface area contributed by atoms with Crippen molar-refractivity contribution in [1.29, 1.82) is 0 Å². The molecule has 2 aliphatic heterocycles. The highest BCUT2D eigenvalue weighted by atomic mass is 32.1. The fraction of sp³-hybridized carbons (Fsp3) is 0.545. The molecule has 0 aliphatic carbocycles. The molecular weight excluding hydrogens is 402 g/mol. The summed E-state index contributed by atoms with van der Waals surface area (Å²) in [5.74, 6) is 0.00382. The molecule has 2 N–H and O–H groups in total. The highest BCUT2D eigenvalue weighted by Gasteiger charge is 2.38. The van der Waals surface area contributed by atoms with Crippen LogP contribution in [0.3, 0.4) is 0 Å². The molecular formula is C22H29N3O4S. The van der Waals surface area contributed by atoms with E-state index in [9.17, 15) is 9.90 Å². The molecule has 1 amide bonds. The molecule has 4 rings (SSSR count). The van der Waals surface area contributed by atoms with Crippen LogP contribution in [0.2, 0.25) is 0 Å². The number of ether oxygens (including phenoxy) is 2. The molecule has 2 aliphatic rings. The molecule has 1 aromatic carbocycles. The first-order valence-electron chi connectivity index (χ1n) is 10.5. The number of thiazole rings is 1. The topological polar surface area (TPSA) is 83.9 Å². The molecule has 0 radical (unpaired) electrons. The summed E-state index contributed by atoms with van der Waals surface area (Å²) in [5.41, 5.74) is 1.08. The number of benzene rings is 1. The van der Waals surface area contributed by atoms with Crippen molar-refractivity contribution in [2.75, 3.05) is 19.8 Å². The number of hydrogen-bond acceptors (Lipinski definition) is 7. The number of aliphatic hydroxyl groups excluding tert-OH is 1. The Morgan fingerprint density at radius 2 is 2.13 bits per heavy atom. The standard InChI is InChI=1S/C22H29N3O4S/c26-17-12-25(13-22-23-8-9-30-22)19-7-6-18(29-20(19)15-28-14-17)10-21(27)24-11-16-4-2-1-3-5-16/h1-5,8-9,17-20,26H,6-7,10-15H2,(H,24,27)/t17-,18-,19+,20-/m1/s1. The summed E-state index contributed by atoms with van der Waals surface area (Å²) in [6.07, 6.45) is 3.13. The van der Waals surface area contributed by atoms with Crippen LogP contribution in [0.25, 0.3) is 0 Å². The number of fused-ring (bicyclic) bond motifs is 1. The van der Waals surface area contributed by atoms with Gasteiger partial charge in [-0.05, 0) is 18.4 Å². The Bertz CT molecular complexity index is 789. The molecule has 2 saturated heterocycles. The van der Waals surface area contributed by atoms with E-state index in [2.05, 4.69) is 15.2 Å². The van der Waals surface area contributed by atoms with Crippen LogP contribution >= 0.6 is 11.3 Å². The molecule has 0 unspecified atom stereocenters. The van der Waals surface area contributed by atoms with Crippen LogP contribution < -0.4 is 5.32 Å². The monoisotopic (exact) mass is 431 g/mol. The van der Waals surface area contributed by atoms with Crippen molar-refractivity contribution in [3.05, 3.63) is 52.5 Å². The van der Waals surface area contributed by atoms with E-state index in [0.29, 0.717) is 39.3 Å². The average Bonchev–Trinajstić information content (AvgIpc) is 3.25. The van der Waals surface area contributed by atoms with Gasteiger partial charge in [0.05, 0.1) is 44.5 Å². The third-order valence-corrected chi connectivity index (χ3v) is 6.42. The van der Waals surface area contributed by atoms with Crippen molar-refractivity contribution in [3.8, 4) is 0 Å². The summed E-state index contributed by atoms with van der Waals surface area (Å²) >= 11 is 1.62. The molecule has 0 bridgehead atoms. The van der Waals surface area contributed by atoms with E-state index in [1.54, 1.807) is 11.3 Å². The summed E-state index contributed by atoms with van der Waals surface area (Å²) in [6.45, 7) is 2.48. The molecule has 30 heavy (non-hydrogen) atoms. The van der Waals surface area contributed by atoms with Crippen LogP contribution in [0.1, 0.15) is 29.8 Å². The van der Waals surface area contributed by atoms with Gasteiger partial charge in [0, 0.05) is 30.7 Å². The van der Waals surface area contributed by atoms with Gasteiger partial charge in [0.2, 0.25) is 5.91 Å². The molecule has 2 aromatic rings. The van der Waals surface area contributed by atoms with Crippen molar-refractivity contribution in [3.63, 3.8) is 0 Å². The Morgan fingerprint density at radius 3 is 2.93 bits per heavy atom. The lowest BCUT2D eigenvalue weighted by Crippen LogP contribution is -2.55. The van der Waals surface area contributed by atoms with E-state index in [1.807, 2.05) is 41.9 Å². The lowest BCUT2D eigenvalue weighted by molar-refractivity contribution is -0.158. The minimum absolute atomic E-state index is 0.00382. The number of amides is 1. The highest BCUT2D eigenvalue weighted by molar-refractivity contribution is 7.09. The van der Waals surface area contributed by atoms with E-state index >= 15 is 0 Å². The van der Waals surface area contributed by atoms with Gasteiger partial charge in [-0.1, -0.05) is 30.3 Å². The minimum Gasteiger partial charge on any atom is -0.389 e. The zero-order valence-corrected chi connectivity index (χ0v) is 17.8. The first kappa shape index (κ1) is 21.4. The van der Waals surface area contributed by atoms with E-state index < -0.39 is 6.10 Å². The number of nitrogens with zero attached hydrogens (tertiary/aromatic N) is 2. The minimum atomic E-state index is -0.521. The zero-order valence-electron chi connectivity index (χ0n) is 17.0. The fourth-order valence-corrected chi connectivity index (χ4v) is 4.85. The number of nitrogens with one attached hydrogen (secondary N) is 1. The molecule has 1 aromatic heterocycles. The molecule has 7 nitrogen and oxygen atoms in total. The first-order chi connectivity index (χ1) is 14.7. The third-order valence-electron chi connectivity index (χ3n) is 5.65. The number of hydrogen-bond donors (Lipinski definition) is 2. The second kappa shape index (κ2) is 10.5. The number of carbonyl (C=O) groups is 1. The third kappa shape index (κ3) is 5.86. The largest absolute Gasteiger partial charge is 0.389 e. The second-order valence-corrected chi connectivity index (χ2v) is 8.93. The normalized spacial score (nSPS) is 27.6. The van der Waals surface area contributed by atoms with Gasteiger partial charge >= 0.3 is 0 Å². The smallest absolute Gasteiger partial charge is 0.222 e. The molecule has 3 heterocycles. The molecule has 0 saturated carbocycles. The maximum absolute atomic E-state index is 12.4. The molecule has 2 fully saturated rings. The van der Waals surface area contributed by atoms with Crippen LogP contribution in [0.15, 0.2) is 41.9 Å². The van der Waals surface area contributed by atoms with E-state index in [4.69, 9.17) is 9.47 Å². The van der Waals surface area contributed by atoms with Gasteiger partial charge < -0.3 is 19.9 Å². The van der Waals surface area contributed by atoms with Crippen LogP contribution in [0.5, 0.6) is 0 Å². The summed E-state index contributed by atoms with van der Waals surface area (Å²) in [6, 6.07) is 10.0. The van der Waals surface area contributed by atoms with Crippen LogP contribution in [0, 0.1) is 0 Å². The fourth-order valence-electron chi connectivity index (χ4n) is 4.21. The maximum atomic E-state index is 12.4. The van der Waals surface area contributed by atoms with Gasteiger partial charge in [0.1, 0.15) is 5.01 Å². The summed E-state index contributed by atoms with van der Waals surface area (Å²) in [7, 11) is 0. The van der Waals surface area contributed by atoms with Crippen molar-refractivity contribution in [2.24, 2.45) is 0 Å². The Hall–Kier alpha value is -1.84. The lowest BCUT2D eigenvalue weighted by Gasteiger charge is -2.44. The van der Waals surface area contributed by atoms with E-state index in [-0.39, 0.29) is 24.2 Å². The lowest BCUT2D eigenvalue weighted by atomic mass is 9.94. The number of rotatable bonds is 6. The SMILES string of the molecule is O=C(C[C@H]1CC[C@H]2[C@@H](COC[C@H](O)CN2Cc2nccs2)O1)NCc1ccccc1. The highest BCUT2D eigenvalue weighted by Crippen LogP contribution is 2.29. The van der Waals surface area contributed by atoms with Gasteiger partial charge in [0.25, 0.3) is 0 Å². The Morgan fingerprint density at radius 1 is 1.27 bits per heavy atom.